The monoisotopic (exact) mass is 640 g/mol. The highest BCUT2D eigenvalue weighted by molar-refractivity contribution is 8.05. The molecule has 0 aromatic heterocycles. The normalized spacial score (nSPS) is 13.8. The molecule has 234 valence electrons. The third kappa shape index (κ3) is 10.4. The molecule has 3 aromatic carbocycles. The second kappa shape index (κ2) is 16.2. The van der Waals surface area contributed by atoms with E-state index in [0.717, 1.165) is 4.90 Å². The first kappa shape index (κ1) is 34.6. The van der Waals surface area contributed by atoms with Crippen molar-refractivity contribution in [2.24, 2.45) is 11.8 Å². The molecule has 3 rings (SSSR count). The van der Waals surface area contributed by atoms with Crippen LogP contribution in [0.4, 0.5) is 10.5 Å². The minimum atomic E-state index is -3.95. The van der Waals surface area contributed by atoms with Crippen LogP contribution in [0.3, 0.4) is 0 Å². The van der Waals surface area contributed by atoms with Crippen LogP contribution in [0.15, 0.2) is 89.8 Å². The van der Waals surface area contributed by atoms with E-state index in [0.29, 0.717) is 10.5 Å². The van der Waals surface area contributed by atoms with Crippen molar-refractivity contribution in [2.75, 3.05) is 24.1 Å². The SMILES string of the molecule is COC(=O)c1ccc(NC(=O)N(C(=O)C(Cc2ccccc2)CP(=O)(O)CSc2ccccc2)[C@@H](CC(C)C)C(=O)O)cc1. The fourth-order valence-electron chi connectivity index (χ4n) is 4.56. The average molecular weight is 641 g/mol. The van der Waals surface area contributed by atoms with Gasteiger partial charge >= 0.3 is 18.0 Å². The third-order valence-corrected chi connectivity index (χ3v) is 10.4. The molecular weight excluding hydrogens is 603 g/mol. The Balaban J connectivity index is 1.96. The number of carbonyl (C=O) groups is 4. The summed E-state index contributed by atoms with van der Waals surface area (Å²) in [5.41, 5.74) is 0.969. The van der Waals surface area contributed by atoms with Gasteiger partial charge in [0, 0.05) is 16.7 Å². The van der Waals surface area contributed by atoms with Gasteiger partial charge in [0.15, 0.2) is 0 Å². The molecule has 10 nitrogen and oxygen atoms in total. The smallest absolute Gasteiger partial charge is 0.337 e. The number of nitrogens with one attached hydrogen (secondary N) is 1. The van der Waals surface area contributed by atoms with E-state index in [1.165, 1.54) is 43.1 Å². The summed E-state index contributed by atoms with van der Waals surface area (Å²) in [7, 11) is -2.71. The molecule has 0 heterocycles. The van der Waals surface area contributed by atoms with E-state index >= 15 is 0 Å². The Morgan fingerprint density at radius 2 is 1.52 bits per heavy atom. The molecule has 3 atom stereocenters. The number of rotatable bonds is 14. The summed E-state index contributed by atoms with van der Waals surface area (Å²) in [5.74, 6) is -4.20. The van der Waals surface area contributed by atoms with Crippen LogP contribution >= 0.6 is 19.1 Å². The third-order valence-electron chi connectivity index (χ3n) is 6.66. The van der Waals surface area contributed by atoms with Gasteiger partial charge in [-0.15, -0.1) is 11.8 Å². The first-order chi connectivity index (χ1) is 20.9. The molecule has 2 unspecified atom stereocenters. The molecule has 12 heteroatoms. The summed E-state index contributed by atoms with van der Waals surface area (Å²) in [6.45, 7) is 3.54. The fourth-order valence-corrected chi connectivity index (χ4v) is 7.71. The zero-order valence-electron chi connectivity index (χ0n) is 24.8. The van der Waals surface area contributed by atoms with Crippen LogP contribution in [0.25, 0.3) is 0 Å². The molecule has 3 aromatic rings. The van der Waals surface area contributed by atoms with Gasteiger partial charge < -0.3 is 20.1 Å². The van der Waals surface area contributed by atoms with Crippen molar-refractivity contribution in [3.8, 4) is 0 Å². The first-order valence-electron chi connectivity index (χ1n) is 14.0. The lowest BCUT2D eigenvalue weighted by molar-refractivity contribution is -0.149. The summed E-state index contributed by atoms with van der Waals surface area (Å²) in [5, 5.41) is 12.7. The number of anilines is 1. The lowest BCUT2D eigenvalue weighted by atomic mass is 9.97. The second-order valence-corrected chi connectivity index (χ2v) is 14.5. The molecular formula is C32H37N2O8PS. The maximum absolute atomic E-state index is 14.2. The number of carboxylic acids is 1. The predicted octanol–water partition coefficient (Wildman–Crippen LogP) is 6.21. The second-order valence-electron chi connectivity index (χ2n) is 10.7. The summed E-state index contributed by atoms with van der Waals surface area (Å²) in [6.07, 6.45) is -0.466. The Kier molecular flexibility index (Phi) is 12.8. The van der Waals surface area contributed by atoms with Crippen LogP contribution < -0.4 is 5.32 Å². The molecule has 0 aliphatic carbocycles. The van der Waals surface area contributed by atoms with Crippen LogP contribution in [-0.2, 0) is 25.3 Å². The molecule has 44 heavy (non-hydrogen) atoms. The number of nitrogens with zero attached hydrogens (tertiary/aromatic N) is 1. The van der Waals surface area contributed by atoms with Crippen LogP contribution in [0.5, 0.6) is 0 Å². The van der Waals surface area contributed by atoms with Gasteiger partial charge in [0.2, 0.25) is 13.3 Å². The number of benzene rings is 3. The van der Waals surface area contributed by atoms with E-state index < -0.39 is 49.4 Å². The van der Waals surface area contributed by atoms with E-state index in [9.17, 15) is 33.7 Å². The summed E-state index contributed by atoms with van der Waals surface area (Å²) >= 11 is 1.18. The summed E-state index contributed by atoms with van der Waals surface area (Å²) in [6, 6.07) is 21.1. The number of methoxy groups -OCH3 is 1. The number of esters is 1. The highest BCUT2D eigenvalue weighted by Crippen LogP contribution is 2.48. The number of carboxylic acid groups (broad SMARTS) is 1. The standard InChI is InChI=1S/C32H37N2O8PS/c1-22(2)18-28(30(36)37)34(32(39)33-26-16-14-24(15-17-26)31(38)42-3)29(35)25(19-23-10-6-4-7-11-23)20-43(40,41)21-44-27-12-8-5-9-13-27/h4-17,22,25,28H,18-21H2,1-3H3,(H,33,39)(H,36,37)(H,40,41)/t25?,28-/m0/s1. The van der Waals surface area contributed by atoms with Crippen molar-refractivity contribution < 1.29 is 38.5 Å². The Hall–Kier alpha value is -3.92. The Bertz CT molecular complexity index is 1470. The minimum Gasteiger partial charge on any atom is -0.480 e. The van der Waals surface area contributed by atoms with E-state index in [-0.39, 0.29) is 35.5 Å². The molecule has 0 radical (unpaired) electrons. The van der Waals surface area contributed by atoms with Crippen LogP contribution in [0.1, 0.15) is 36.2 Å². The number of imide groups is 1. The van der Waals surface area contributed by atoms with Gasteiger partial charge in [0.1, 0.15) is 6.04 Å². The van der Waals surface area contributed by atoms with E-state index in [1.54, 1.807) is 44.2 Å². The van der Waals surface area contributed by atoms with Crippen molar-refractivity contribution in [3.05, 3.63) is 96.1 Å². The highest BCUT2D eigenvalue weighted by Gasteiger charge is 2.41. The van der Waals surface area contributed by atoms with Gasteiger partial charge in [-0.1, -0.05) is 62.4 Å². The topological polar surface area (TPSA) is 150 Å². The van der Waals surface area contributed by atoms with Gasteiger partial charge in [0.25, 0.3) is 0 Å². The van der Waals surface area contributed by atoms with E-state index in [2.05, 4.69) is 10.1 Å². The number of thioether (sulfide) groups is 1. The minimum absolute atomic E-state index is 0.0197. The quantitative estimate of drug-likeness (QED) is 0.106. The van der Waals surface area contributed by atoms with Crippen LogP contribution in [0, 0.1) is 11.8 Å². The molecule has 0 spiro atoms. The van der Waals surface area contributed by atoms with Crippen molar-refractivity contribution in [3.63, 3.8) is 0 Å². The molecule has 3 amide bonds. The number of hydrogen-bond donors (Lipinski definition) is 3. The van der Waals surface area contributed by atoms with Gasteiger partial charge in [-0.25, -0.2) is 19.3 Å². The van der Waals surface area contributed by atoms with Crippen molar-refractivity contribution in [2.45, 2.75) is 37.6 Å². The highest BCUT2D eigenvalue weighted by atomic mass is 32.2. The van der Waals surface area contributed by atoms with E-state index in [1.807, 2.05) is 30.3 Å². The molecule has 0 aliphatic heterocycles. The zero-order valence-corrected chi connectivity index (χ0v) is 26.5. The summed E-state index contributed by atoms with van der Waals surface area (Å²) in [4.78, 5) is 64.7. The maximum atomic E-state index is 14.2. The van der Waals surface area contributed by atoms with Gasteiger partial charge in [-0.2, -0.15) is 0 Å². The largest absolute Gasteiger partial charge is 0.480 e. The number of ether oxygens (including phenoxy) is 1. The van der Waals surface area contributed by atoms with Crippen molar-refractivity contribution in [1.82, 2.24) is 4.90 Å². The number of carbonyl (C=O) groups excluding carboxylic acids is 3. The Morgan fingerprint density at radius 1 is 0.932 bits per heavy atom. The van der Waals surface area contributed by atoms with E-state index in [4.69, 9.17) is 0 Å². The number of amides is 3. The number of hydrogen-bond acceptors (Lipinski definition) is 7. The number of urea groups is 1. The molecule has 0 fully saturated rings. The fraction of sp³-hybridized carbons (Fsp3) is 0.312. The molecule has 0 saturated carbocycles. The van der Waals surface area contributed by atoms with Gasteiger partial charge in [-0.3, -0.25) is 9.36 Å². The predicted molar refractivity (Wildman–Crippen MR) is 170 cm³/mol. The van der Waals surface area contributed by atoms with Crippen molar-refractivity contribution >= 4 is 48.7 Å². The summed E-state index contributed by atoms with van der Waals surface area (Å²) < 4.78 is 18.2. The maximum Gasteiger partial charge on any atom is 0.337 e. The van der Waals surface area contributed by atoms with Crippen LogP contribution in [0.2, 0.25) is 0 Å². The molecule has 0 bridgehead atoms. The van der Waals surface area contributed by atoms with Gasteiger partial charge in [-0.05, 0) is 60.7 Å². The molecule has 0 saturated heterocycles. The van der Waals surface area contributed by atoms with Crippen LogP contribution in [-0.4, -0.2) is 63.6 Å². The molecule has 3 N–H and O–H groups in total. The molecule has 0 aliphatic rings. The zero-order chi connectivity index (χ0) is 32.3. The lowest BCUT2D eigenvalue weighted by Gasteiger charge is -2.32. The van der Waals surface area contributed by atoms with Gasteiger partial charge in [0.05, 0.1) is 24.1 Å². The average Bonchev–Trinajstić information content (AvgIpc) is 3.00. The Labute approximate surface area is 261 Å². The Morgan fingerprint density at radius 3 is 2.07 bits per heavy atom. The number of aliphatic carboxylic acids is 1. The lowest BCUT2D eigenvalue weighted by Crippen LogP contribution is -2.53. The first-order valence-corrected chi connectivity index (χ1v) is 17.0. The van der Waals surface area contributed by atoms with Crippen molar-refractivity contribution in [1.29, 1.82) is 0 Å².